The van der Waals surface area contributed by atoms with Crippen LogP contribution in [-0.4, -0.2) is 81.2 Å². The van der Waals surface area contributed by atoms with Crippen LogP contribution in [0, 0.1) is 0 Å². The molecule has 0 aromatic heterocycles. The number of allylic oxidation sites excluding steroid dienone is 7. The van der Waals surface area contributed by atoms with Gasteiger partial charge in [-0.25, -0.2) is 0 Å². The van der Waals surface area contributed by atoms with Crippen molar-refractivity contribution in [1.29, 1.82) is 0 Å². The van der Waals surface area contributed by atoms with Gasteiger partial charge in [-0.1, -0.05) is 68.4 Å². The Balaban J connectivity index is 4.35. The Morgan fingerprint density at radius 3 is 2.29 bits per heavy atom. The molecule has 41 heavy (non-hydrogen) atoms. The maximum Gasteiger partial charge on any atom is 0.306 e. The summed E-state index contributed by atoms with van der Waals surface area (Å²) in [5.74, 6) is -1.24. The van der Waals surface area contributed by atoms with Gasteiger partial charge >= 0.3 is 11.9 Å². The Hall–Kier alpha value is -2.07. The van der Waals surface area contributed by atoms with E-state index in [1.807, 2.05) is 33.3 Å². The van der Waals surface area contributed by atoms with Gasteiger partial charge in [0.1, 0.15) is 19.8 Å². The van der Waals surface area contributed by atoms with Gasteiger partial charge in [0.2, 0.25) is 0 Å². The lowest BCUT2D eigenvalue weighted by Crippen LogP contribution is -2.37. The van der Waals surface area contributed by atoms with Gasteiger partial charge in [-0.15, -0.1) is 0 Å². The largest absolute Gasteiger partial charge is 0.756 e. The first kappa shape index (κ1) is 38.9. The van der Waals surface area contributed by atoms with E-state index in [4.69, 9.17) is 18.5 Å². The predicted octanol–water partition coefficient (Wildman–Crippen LogP) is 4.79. The van der Waals surface area contributed by atoms with Crippen LogP contribution >= 0.6 is 7.82 Å². The topological polar surface area (TPSA) is 131 Å². The fourth-order valence-electron chi connectivity index (χ4n) is 3.19. The summed E-state index contributed by atoms with van der Waals surface area (Å²) in [4.78, 5) is 35.4. The maximum atomic E-state index is 12.3. The summed E-state index contributed by atoms with van der Waals surface area (Å²) in [6, 6.07) is 0. The van der Waals surface area contributed by atoms with Crippen LogP contribution in [0.15, 0.2) is 48.6 Å². The van der Waals surface area contributed by atoms with Gasteiger partial charge in [0, 0.05) is 13.3 Å². The summed E-state index contributed by atoms with van der Waals surface area (Å²) in [7, 11) is 1.03. The molecule has 236 valence electrons. The van der Waals surface area contributed by atoms with E-state index in [0.29, 0.717) is 23.9 Å². The van der Waals surface area contributed by atoms with Crippen molar-refractivity contribution < 1.29 is 47.2 Å². The highest BCUT2D eigenvalue weighted by atomic mass is 31.2. The number of phosphoric ester groups is 1. The highest BCUT2D eigenvalue weighted by Gasteiger charge is 2.21. The minimum absolute atomic E-state index is 0.00973. The molecule has 0 heterocycles. The van der Waals surface area contributed by atoms with Crippen LogP contribution in [-0.2, 0) is 32.7 Å². The van der Waals surface area contributed by atoms with E-state index in [0.717, 1.165) is 19.3 Å². The molecular weight excluding hydrogens is 549 g/mol. The fourth-order valence-corrected chi connectivity index (χ4v) is 3.92. The van der Waals surface area contributed by atoms with Gasteiger partial charge < -0.3 is 33.0 Å². The number of esters is 2. The van der Waals surface area contributed by atoms with Crippen molar-refractivity contribution in [3.05, 3.63) is 48.6 Å². The molecule has 0 aliphatic heterocycles. The second-order valence-electron chi connectivity index (χ2n) is 10.7. The number of aliphatic hydroxyl groups is 1. The molecule has 0 aliphatic rings. The van der Waals surface area contributed by atoms with Crippen LogP contribution in [0.3, 0.4) is 0 Å². The lowest BCUT2D eigenvalue weighted by Gasteiger charge is -2.28. The molecule has 10 nitrogen and oxygen atoms in total. The molecule has 0 radical (unpaired) electrons. The SMILES string of the molecule is CCCCC/C=C\C/C=C\C/C=C\C=C\[C@H](O)CCCC(=O)O[C@H](COC(C)=O)COP(=O)([O-])OCC[N+](C)(C)C. The highest BCUT2D eigenvalue weighted by Crippen LogP contribution is 2.38. The smallest absolute Gasteiger partial charge is 0.306 e. The summed E-state index contributed by atoms with van der Waals surface area (Å²) in [5, 5.41) is 10.1. The average molecular weight is 602 g/mol. The monoisotopic (exact) mass is 601 g/mol. The van der Waals surface area contributed by atoms with E-state index in [1.54, 1.807) is 12.2 Å². The van der Waals surface area contributed by atoms with Crippen LogP contribution in [0.2, 0.25) is 0 Å². The second kappa shape index (κ2) is 23.5. The molecule has 0 aromatic carbocycles. The van der Waals surface area contributed by atoms with Crippen molar-refractivity contribution >= 4 is 19.8 Å². The Labute approximate surface area is 246 Å². The van der Waals surface area contributed by atoms with Crippen LogP contribution in [0.1, 0.15) is 71.6 Å². The number of phosphoric acid groups is 1. The first-order chi connectivity index (χ1) is 19.3. The Morgan fingerprint density at radius 2 is 1.63 bits per heavy atom. The predicted molar refractivity (Wildman–Crippen MR) is 159 cm³/mol. The summed E-state index contributed by atoms with van der Waals surface area (Å²) in [6.45, 7) is 2.84. The van der Waals surface area contributed by atoms with Crippen molar-refractivity contribution in [2.75, 3.05) is 47.5 Å². The first-order valence-electron chi connectivity index (χ1n) is 14.4. The van der Waals surface area contributed by atoms with Gasteiger partial charge in [0.25, 0.3) is 7.82 Å². The van der Waals surface area contributed by atoms with E-state index < -0.39 is 38.6 Å². The Kier molecular flexibility index (Phi) is 22.3. The van der Waals surface area contributed by atoms with Crippen LogP contribution in [0.5, 0.6) is 0 Å². The average Bonchev–Trinajstić information content (AvgIpc) is 2.87. The van der Waals surface area contributed by atoms with Crippen molar-refractivity contribution in [2.24, 2.45) is 0 Å². The zero-order valence-corrected chi connectivity index (χ0v) is 26.5. The number of carbonyl (C=O) groups excluding carboxylic acids is 2. The van der Waals surface area contributed by atoms with Crippen LogP contribution in [0.4, 0.5) is 0 Å². The van der Waals surface area contributed by atoms with Gasteiger partial charge in [-0.3, -0.25) is 14.2 Å². The number of carbonyl (C=O) groups is 2. The summed E-state index contributed by atoms with van der Waals surface area (Å²) >= 11 is 0. The van der Waals surface area contributed by atoms with Crippen LogP contribution < -0.4 is 4.89 Å². The molecule has 0 bridgehead atoms. The number of quaternary nitrogens is 1. The normalized spacial score (nSPS) is 15.6. The van der Waals surface area contributed by atoms with E-state index in [1.165, 1.54) is 26.2 Å². The molecule has 0 aromatic rings. The summed E-state index contributed by atoms with van der Waals surface area (Å²) in [6.07, 6.45) is 21.4. The van der Waals surface area contributed by atoms with Gasteiger partial charge in [-0.2, -0.15) is 0 Å². The number of aliphatic hydroxyl groups excluding tert-OH is 1. The number of hydrogen-bond acceptors (Lipinski definition) is 9. The number of nitrogens with zero attached hydrogens (tertiary/aromatic N) is 1. The molecule has 1 unspecified atom stereocenters. The quantitative estimate of drug-likeness (QED) is 0.0414. The van der Waals surface area contributed by atoms with E-state index in [9.17, 15) is 24.2 Å². The number of ether oxygens (including phenoxy) is 2. The highest BCUT2D eigenvalue weighted by molar-refractivity contribution is 7.45. The summed E-state index contributed by atoms with van der Waals surface area (Å²) in [5.41, 5.74) is 0. The molecule has 0 saturated carbocycles. The molecule has 11 heteroatoms. The lowest BCUT2D eigenvalue weighted by atomic mass is 10.1. The molecule has 1 N–H and O–H groups in total. The third-order valence-electron chi connectivity index (χ3n) is 5.51. The Bertz CT molecular complexity index is 878. The molecule has 0 rings (SSSR count). The molecule has 0 aliphatic carbocycles. The maximum absolute atomic E-state index is 12.3. The molecule has 0 saturated heterocycles. The van der Waals surface area contributed by atoms with E-state index in [2.05, 4.69) is 31.2 Å². The fraction of sp³-hybridized carbons (Fsp3) is 0.667. The molecule has 0 amide bonds. The Morgan fingerprint density at radius 1 is 0.951 bits per heavy atom. The molecule has 0 spiro atoms. The van der Waals surface area contributed by atoms with Crippen molar-refractivity contribution in [3.63, 3.8) is 0 Å². The molecule has 0 fully saturated rings. The second-order valence-corrected chi connectivity index (χ2v) is 12.1. The van der Waals surface area contributed by atoms with Crippen molar-refractivity contribution in [2.45, 2.75) is 83.8 Å². The molecule has 3 atom stereocenters. The third kappa shape index (κ3) is 27.9. The number of likely N-dealkylation sites (N-methyl/N-ethyl adjacent to an activating group) is 1. The zero-order valence-electron chi connectivity index (χ0n) is 25.6. The first-order valence-corrected chi connectivity index (χ1v) is 15.9. The molecular formula is C30H52NO9P. The number of hydrogen-bond donors (Lipinski definition) is 1. The van der Waals surface area contributed by atoms with Gasteiger partial charge in [0.05, 0.1) is 33.9 Å². The number of rotatable bonds is 24. The minimum Gasteiger partial charge on any atom is -0.756 e. The van der Waals surface area contributed by atoms with Crippen molar-refractivity contribution in [3.8, 4) is 0 Å². The van der Waals surface area contributed by atoms with Gasteiger partial charge in [0.15, 0.2) is 6.10 Å². The van der Waals surface area contributed by atoms with E-state index >= 15 is 0 Å². The summed E-state index contributed by atoms with van der Waals surface area (Å²) < 4.78 is 32.3. The van der Waals surface area contributed by atoms with E-state index in [-0.39, 0.29) is 19.6 Å². The van der Waals surface area contributed by atoms with Crippen LogP contribution in [0.25, 0.3) is 0 Å². The zero-order chi connectivity index (χ0) is 31.0. The lowest BCUT2D eigenvalue weighted by molar-refractivity contribution is -0.870. The minimum atomic E-state index is -4.63. The van der Waals surface area contributed by atoms with Crippen molar-refractivity contribution in [1.82, 2.24) is 0 Å². The van der Waals surface area contributed by atoms with Gasteiger partial charge in [-0.05, 0) is 38.5 Å². The third-order valence-corrected chi connectivity index (χ3v) is 6.48. The standard InChI is InChI=1S/C30H52NO9P/c1-6-7-8-9-10-11-12-13-14-15-16-17-18-20-28(33)21-19-22-30(34)40-29(25-37-27(2)32)26-39-41(35,36)38-24-23-31(3,4)5/h10-11,13-14,16-18,20,28-29,33H,6-9,12,15,19,21-26H2,1-5H3/b11-10-,14-13-,17-16-,20-18+/t28-,29+/m0/s1. The number of unbranched alkanes of at least 4 members (excludes halogenated alkanes) is 3.